The van der Waals surface area contributed by atoms with E-state index in [1.807, 2.05) is 0 Å². The van der Waals surface area contributed by atoms with E-state index in [2.05, 4.69) is 182 Å². The molecule has 0 fully saturated rings. The molecule has 10 aromatic carbocycles. The van der Waals surface area contributed by atoms with E-state index >= 15 is 0 Å². The fraction of sp³-hybridized carbons (Fsp3) is 0. The van der Waals surface area contributed by atoms with Gasteiger partial charge in [-0.2, -0.15) is 0 Å². The van der Waals surface area contributed by atoms with Crippen LogP contribution in [0.2, 0.25) is 0 Å². The van der Waals surface area contributed by atoms with Crippen molar-refractivity contribution in [1.82, 2.24) is 0 Å². The van der Waals surface area contributed by atoms with E-state index in [-0.39, 0.29) is 0 Å². The highest BCUT2D eigenvalue weighted by atomic mass is 16.3. The van der Waals surface area contributed by atoms with E-state index in [0.29, 0.717) is 0 Å². The van der Waals surface area contributed by atoms with Gasteiger partial charge in [-0.05, 0) is 112 Å². The zero-order valence-electron chi connectivity index (χ0n) is 27.7. The van der Waals surface area contributed by atoms with Crippen molar-refractivity contribution in [2.45, 2.75) is 0 Å². The van der Waals surface area contributed by atoms with Gasteiger partial charge in [0.1, 0.15) is 11.2 Å². The molecule has 11 rings (SSSR count). The van der Waals surface area contributed by atoms with E-state index in [1.54, 1.807) is 0 Å². The quantitative estimate of drug-likeness (QED) is 0.174. The molecule has 0 spiro atoms. The van der Waals surface area contributed by atoms with Crippen molar-refractivity contribution >= 4 is 75.8 Å². The van der Waals surface area contributed by atoms with Crippen LogP contribution >= 0.6 is 0 Å². The van der Waals surface area contributed by atoms with Crippen molar-refractivity contribution in [1.29, 1.82) is 0 Å². The first-order chi connectivity index (χ1) is 25.3. The minimum absolute atomic E-state index is 0.909. The monoisotopic (exact) mass is 646 g/mol. The van der Waals surface area contributed by atoms with Gasteiger partial charge in [0, 0.05) is 16.2 Å². The standard InChI is InChI=1S/C50H30O/c1-4-16-36-31(12-1)15-11-23-39(36)48-40-19-7-9-21-42(40)49(43-22-10-8-20-41(43)48)46-30-35(28-34-14-3-5-17-37(34)46)33-25-27-47-45(29-33)44-26-24-32-13-2-6-18-38(32)50(44)51-47/h1-30H. The maximum atomic E-state index is 6.49. The average molecular weight is 647 g/mol. The van der Waals surface area contributed by atoms with Crippen LogP contribution in [0, 0.1) is 0 Å². The van der Waals surface area contributed by atoms with Crippen LogP contribution in [-0.2, 0) is 0 Å². The molecule has 1 aromatic heterocycles. The minimum atomic E-state index is 0.909. The summed E-state index contributed by atoms with van der Waals surface area (Å²) in [5.41, 5.74) is 9.27. The van der Waals surface area contributed by atoms with Crippen molar-refractivity contribution < 1.29 is 4.42 Å². The fourth-order valence-electron chi connectivity index (χ4n) is 8.52. The first kappa shape index (κ1) is 28.2. The molecule has 0 N–H and O–H groups in total. The Kier molecular flexibility index (Phi) is 6.02. The number of furan rings is 1. The van der Waals surface area contributed by atoms with Crippen molar-refractivity contribution in [3.63, 3.8) is 0 Å². The second kappa shape index (κ2) is 10.9. The van der Waals surface area contributed by atoms with Crippen LogP contribution in [0.4, 0.5) is 0 Å². The number of hydrogen-bond acceptors (Lipinski definition) is 1. The van der Waals surface area contributed by atoms with Crippen molar-refractivity contribution in [2.24, 2.45) is 0 Å². The second-order valence-electron chi connectivity index (χ2n) is 13.6. The van der Waals surface area contributed by atoms with E-state index in [9.17, 15) is 0 Å². The van der Waals surface area contributed by atoms with Crippen LogP contribution in [0.15, 0.2) is 186 Å². The van der Waals surface area contributed by atoms with E-state index in [4.69, 9.17) is 4.42 Å². The molecule has 0 aliphatic heterocycles. The normalized spacial score (nSPS) is 11.9. The number of rotatable bonds is 3. The van der Waals surface area contributed by atoms with Gasteiger partial charge in [0.25, 0.3) is 0 Å². The van der Waals surface area contributed by atoms with Gasteiger partial charge >= 0.3 is 0 Å². The highest BCUT2D eigenvalue weighted by molar-refractivity contribution is 6.25. The Morgan fingerprint density at radius 3 is 1.49 bits per heavy atom. The first-order valence-electron chi connectivity index (χ1n) is 17.6. The maximum absolute atomic E-state index is 6.49. The summed E-state index contributed by atoms with van der Waals surface area (Å²) in [5, 5.41) is 14.6. The third-order valence-corrected chi connectivity index (χ3v) is 10.8. The van der Waals surface area contributed by atoms with Crippen LogP contribution < -0.4 is 0 Å². The Bertz CT molecular complexity index is 3130. The van der Waals surface area contributed by atoms with E-state index in [0.717, 1.165) is 27.3 Å². The topological polar surface area (TPSA) is 13.1 Å². The lowest BCUT2D eigenvalue weighted by atomic mass is 9.83. The molecule has 1 heterocycles. The molecule has 0 saturated heterocycles. The molecule has 0 radical (unpaired) electrons. The predicted octanol–water partition coefficient (Wildman–Crippen LogP) is 14.4. The number of hydrogen-bond donors (Lipinski definition) is 0. The largest absolute Gasteiger partial charge is 0.455 e. The Morgan fingerprint density at radius 2 is 0.804 bits per heavy atom. The fourth-order valence-corrected chi connectivity index (χ4v) is 8.52. The molecular weight excluding hydrogens is 617 g/mol. The minimum Gasteiger partial charge on any atom is -0.455 e. The molecular formula is C50H30O. The van der Waals surface area contributed by atoms with Crippen molar-refractivity contribution in [2.75, 3.05) is 0 Å². The van der Waals surface area contributed by atoms with Crippen LogP contribution in [0.5, 0.6) is 0 Å². The molecule has 51 heavy (non-hydrogen) atoms. The van der Waals surface area contributed by atoms with Crippen molar-refractivity contribution in [3.8, 4) is 33.4 Å². The third kappa shape index (κ3) is 4.22. The summed E-state index contributed by atoms with van der Waals surface area (Å²) in [5.74, 6) is 0. The second-order valence-corrected chi connectivity index (χ2v) is 13.6. The smallest absolute Gasteiger partial charge is 0.143 e. The van der Waals surface area contributed by atoms with Gasteiger partial charge in [-0.15, -0.1) is 0 Å². The van der Waals surface area contributed by atoms with E-state index < -0.39 is 0 Å². The summed E-state index contributed by atoms with van der Waals surface area (Å²) in [4.78, 5) is 0. The Balaban J connectivity index is 1.21. The number of benzene rings is 10. The SMILES string of the molecule is c1ccc2c(-c3c4ccccc4c(-c4cc(-c5ccc6oc7c8ccccc8ccc7c6c5)cc5ccccc45)c4ccccc34)cccc2c1. The zero-order valence-corrected chi connectivity index (χ0v) is 27.7. The molecule has 1 heteroatoms. The Labute approximate surface area is 294 Å². The molecule has 0 aliphatic rings. The predicted molar refractivity (Wildman–Crippen MR) is 218 cm³/mol. The Hall–Kier alpha value is -6.70. The van der Waals surface area contributed by atoms with Gasteiger partial charge in [-0.1, -0.05) is 152 Å². The zero-order chi connectivity index (χ0) is 33.5. The lowest BCUT2D eigenvalue weighted by Gasteiger charge is -2.20. The van der Waals surface area contributed by atoms with Crippen LogP contribution in [0.3, 0.4) is 0 Å². The molecule has 0 atom stereocenters. The highest BCUT2D eigenvalue weighted by Crippen LogP contribution is 2.47. The average Bonchev–Trinajstić information content (AvgIpc) is 3.58. The molecule has 0 aliphatic carbocycles. The summed E-state index contributed by atoms with van der Waals surface area (Å²) in [7, 11) is 0. The molecule has 0 saturated carbocycles. The van der Waals surface area contributed by atoms with Gasteiger partial charge in [0.2, 0.25) is 0 Å². The molecule has 0 amide bonds. The van der Waals surface area contributed by atoms with Crippen LogP contribution in [0.25, 0.3) is 109 Å². The van der Waals surface area contributed by atoms with Gasteiger partial charge < -0.3 is 4.42 Å². The summed E-state index contributed by atoms with van der Waals surface area (Å²) in [6.07, 6.45) is 0. The third-order valence-electron chi connectivity index (χ3n) is 10.8. The number of fused-ring (bicyclic) bond motifs is 9. The summed E-state index contributed by atoms with van der Waals surface area (Å²) < 4.78 is 6.49. The van der Waals surface area contributed by atoms with Crippen LogP contribution in [-0.4, -0.2) is 0 Å². The van der Waals surface area contributed by atoms with Gasteiger partial charge in [0.15, 0.2) is 0 Å². The lowest BCUT2D eigenvalue weighted by Crippen LogP contribution is -1.93. The highest BCUT2D eigenvalue weighted by Gasteiger charge is 2.20. The summed E-state index contributed by atoms with van der Waals surface area (Å²) >= 11 is 0. The molecule has 0 bridgehead atoms. The van der Waals surface area contributed by atoms with Gasteiger partial charge in [-0.3, -0.25) is 0 Å². The molecule has 11 aromatic rings. The maximum Gasteiger partial charge on any atom is 0.143 e. The molecule has 0 unspecified atom stereocenters. The summed E-state index contributed by atoms with van der Waals surface area (Å²) in [6, 6.07) is 66.4. The summed E-state index contributed by atoms with van der Waals surface area (Å²) in [6.45, 7) is 0. The van der Waals surface area contributed by atoms with Gasteiger partial charge in [-0.25, -0.2) is 0 Å². The molecule has 236 valence electrons. The van der Waals surface area contributed by atoms with Crippen molar-refractivity contribution in [3.05, 3.63) is 182 Å². The lowest BCUT2D eigenvalue weighted by molar-refractivity contribution is 0.672. The Morgan fingerprint density at radius 1 is 0.275 bits per heavy atom. The van der Waals surface area contributed by atoms with Crippen LogP contribution in [0.1, 0.15) is 0 Å². The van der Waals surface area contributed by atoms with E-state index in [1.165, 1.54) is 81.9 Å². The molecule has 1 nitrogen and oxygen atoms in total. The first-order valence-corrected chi connectivity index (χ1v) is 17.6. The van der Waals surface area contributed by atoms with Gasteiger partial charge in [0.05, 0.1) is 0 Å².